The number of hydrogen-bond donors (Lipinski definition) is 1. The summed E-state index contributed by atoms with van der Waals surface area (Å²) in [5.74, 6) is -1.71. The Balaban J connectivity index is 2.13. The summed E-state index contributed by atoms with van der Waals surface area (Å²) < 4.78 is 14.0. The van der Waals surface area contributed by atoms with Gasteiger partial charge in [-0.15, -0.1) is 0 Å². The normalized spacial score (nSPS) is 10.7. The minimum atomic E-state index is -1.15. The van der Waals surface area contributed by atoms with Crippen LogP contribution in [0.5, 0.6) is 0 Å². The third kappa shape index (κ3) is 2.12. The molecule has 0 aliphatic heterocycles. The van der Waals surface area contributed by atoms with Gasteiger partial charge in [0.25, 0.3) is 0 Å². The molecule has 2 aromatic carbocycles. The third-order valence-electron chi connectivity index (χ3n) is 3.12. The quantitative estimate of drug-likeness (QED) is 0.769. The molecule has 3 aromatic rings. The molecule has 3 nitrogen and oxygen atoms in total. The Morgan fingerprint density at radius 1 is 1.10 bits per heavy atom. The van der Waals surface area contributed by atoms with E-state index in [9.17, 15) is 9.18 Å². The lowest BCUT2D eigenvalue weighted by Crippen LogP contribution is -1.97. The maximum absolute atomic E-state index is 14.0. The van der Waals surface area contributed by atoms with Gasteiger partial charge in [-0.3, -0.25) is 4.98 Å². The van der Waals surface area contributed by atoms with Crippen molar-refractivity contribution in [1.29, 1.82) is 0 Å². The van der Waals surface area contributed by atoms with Crippen molar-refractivity contribution in [3.8, 4) is 11.1 Å². The average molecular weight is 267 g/mol. The molecule has 0 fully saturated rings. The second kappa shape index (κ2) is 4.74. The van der Waals surface area contributed by atoms with Crippen LogP contribution in [0.3, 0.4) is 0 Å². The van der Waals surface area contributed by atoms with Crippen molar-refractivity contribution in [3.63, 3.8) is 0 Å². The van der Waals surface area contributed by atoms with Gasteiger partial charge in [0.15, 0.2) is 0 Å². The Labute approximate surface area is 114 Å². The number of halogens is 1. The van der Waals surface area contributed by atoms with Crippen LogP contribution in [0.1, 0.15) is 10.4 Å². The molecule has 0 atom stereocenters. The van der Waals surface area contributed by atoms with E-state index in [0.717, 1.165) is 17.0 Å². The molecule has 0 radical (unpaired) electrons. The van der Waals surface area contributed by atoms with Gasteiger partial charge in [0.05, 0.1) is 11.1 Å². The maximum atomic E-state index is 14.0. The van der Waals surface area contributed by atoms with Crippen molar-refractivity contribution >= 4 is 16.9 Å². The largest absolute Gasteiger partial charge is 0.478 e. The fourth-order valence-electron chi connectivity index (χ4n) is 2.10. The number of carboxylic acids is 1. The predicted molar refractivity (Wildman–Crippen MR) is 74.1 cm³/mol. The molecule has 0 spiro atoms. The fourth-order valence-corrected chi connectivity index (χ4v) is 2.10. The summed E-state index contributed by atoms with van der Waals surface area (Å²) in [5.41, 5.74) is 1.73. The van der Waals surface area contributed by atoms with Crippen LogP contribution in [0, 0.1) is 5.82 Å². The van der Waals surface area contributed by atoms with E-state index in [1.54, 1.807) is 6.20 Å². The molecular formula is C16H10FNO2. The molecule has 1 aromatic heterocycles. The minimum absolute atomic E-state index is 0.0694. The topological polar surface area (TPSA) is 50.2 Å². The number of rotatable bonds is 2. The molecule has 20 heavy (non-hydrogen) atoms. The smallest absolute Gasteiger partial charge is 0.335 e. The Morgan fingerprint density at radius 2 is 1.90 bits per heavy atom. The van der Waals surface area contributed by atoms with Gasteiger partial charge in [0, 0.05) is 22.7 Å². The predicted octanol–water partition coefficient (Wildman–Crippen LogP) is 3.74. The number of carbonyl (C=O) groups is 1. The second-order valence-corrected chi connectivity index (χ2v) is 4.42. The highest BCUT2D eigenvalue weighted by molar-refractivity contribution is 5.89. The summed E-state index contributed by atoms with van der Waals surface area (Å²) in [6.07, 6.45) is 1.58. The molecule has 0 unspecified atom stereocenters. The molecule has 0 bridgehead atoms. The maximum Gasteiger partial charge on any atom is 0.335 e. The molecule has 0 saturated carbocycles. The van der Waals surface area contributed by atoms with Gasteiger partial charge in [0.2, 0.25) is 0 Å². The molecule has 4 heteroatoms. The van der Waals surface area contributed by atoms with Crippen LogP contribution in [-0.2, 0) is 0 Å². The van der Waals surface area contributed by atoms with Crippen molar-refractivity contribution < 1.29 is 14.3 Å². The van der Waals surface area contributed by atoms with Crippen LogP contribution >= 0.6 is 0 Å². The zero-order valence-electron chi connectivity index (χ0n) is 10.4. The number of pyridine rings is 1. The number of benzene rings is 2. The van der Waals surface area contributed by atoms with Crippen molar-refractivity contribution in [1.82, 2.24) is 4.98 Å². The van der Waals surface area contributed by atoms with E-state index < -0.39 is 11.8 Å². The highest BCUT2D eigenvalue weighted by atomic mass is 19.1. The van der Waals surface area contributed by atoms with Gasteiger partial charge < -0.3 is 5.11 Å². The molecule has 0 aliphatic rings. The van der Waals surface area contributed by atoms with E-state index in [1.165, 1.54) is 12.1 Å². The Hall–Kier alpha value is -2.75. The zero-order chi connectivity index (χ0) is 14.1. The first-order chi connectivity index (χ1) is 9.65. The van der Waals surface area contributed by atoms with Crippen molar-refractivity contribution in [2.45, 2.75) is 0 Å². The summed E-state index contributed by atoms with van der Waals surface area (Å²) in [4.78, 5) is 15.1. The van der Waals surface area contributed by atoms with Crippen LogP contribution in [-0.4, -0.2) is 16.1 Å². The first kappa shape index (κ1) is 12.3. The molecular weight excluding hydrogens is 257 g/mol. The molecule has 0 aliphatic carbocycles. The van der Waals surface area contributed by atoms with E-state index in [4.69, 9.17) is 5.11 Å². The molecule has 0 saturated heterocycles. The van der Waals surface area contributed by atoms with Crippen LogP contribution in [0.4, 0.5) is 4.39 Å². The molecule has 1 N–H and O–H groups in total. The zero-order valence-corrected chi connectivity index (χ0v) is 10.4. The monoisotopic (exact) mass is 267 g/mol. The van der Waals surface area contributed by atoms with E-state index in [1.807, 2.05) is 30.3 Å². The molecule has 1 heterocycles. The summed E-state index contributed by atoms with van der Waals surface area (Å²) in [6, 6.07) is 13.3. The Kier molecular flexibility index (Phi) is 2.91. The lowest BCUT2D eigenvalue weighted by atomic mass is 10.0. The number of para-hydroxylation sites is 1. The van der Waals surface area contributed by atoms with E-state index >= 15 is 0 Å². The van der Waals surface area contributed by atoms with Crippen LogP contribution < -0.4 is 0 Å². The highest BCUT2D eigenvalue weighted by Crippen LogP contribution is 2.25. The molecule has 3 rings (SSSR count). The number of aromatic nitrogens is 1. The van der Waals surface area contributed by atoms with Crippen molar-refractivity contribution in [2.24, 2.45) is 0 Å². The van der Waals surface area contributed by atoms with E-state index in [0.29, 0.717) is 11.1 Å². The average Bonchev–Trinajstić information content (AvgIpc) is 2.46. The number of carboxylic acid groups (broad SMARTS) is 1. The minimum Gasteiger partial charge on any atom is -0.478 e. The second-order valence-electron chi connectivity index (χ2n) is 4.42. The van der Waals surface area contributed by atoms with Gasteiger partial charge in [-0.1, -0.05) is 24.3 Å². The number of nitrogens with zero attached hydrogens (tertiary/aromatic N) is 1. The lowest BCUT2D eigenvalue weighted by molar-refractivity contribution is 0.0696. The Morgan fingerprint density at radius 3 is 2.65 bits per heavy atom. The summed E-state index contributed by atoms with van der Waals surface area (Å²) in [5, 5.41) is 9.74. The summed E-state index contributed by atoms with van der Waals surface area (Å²) >= 11 is 0. The SMILES string of the molecule is O=C(O)c1ccc(-c2cnc3ccccc3c2)c(F)c1. The number of aromatic carboxylic acids is 1. The summed E-state index contributed by atoms with van der Waals surface area (Å²) in [6.45, 7) is 0. The van der Waals surface area contributed by atoms with Gasteiger partial charge in [-0.2, -0.15) is 0 Å². The summed E-state index contributed by atoms with van der Waals surface area (Å²) in [7, 11) is 0. The van der Waals surface area contributed by atoms with Crippen LogP contribution in [0.25, 0.3) is 22.0 Å². The Bertz CT molecular complexity index is 814. The van der Waals surface area contributed by atoms with Crippen LogP contribution in [0.2, 0.25) is 0 Å². The first-order valence-electron chi connectivity index (χ1n) is 6.03. The van der Waals surface area contributed by atoms with Gasteiger partial charge in [-0.05, 0) is 24.3 Å². The molecule has 98 valence electrons. The third-order valence-corrected chi connectivity index (χ3v) is 3.12. The lowest BCUT2D eigenvalue weighted by Gasteiger charge is -2.05. The number of fused-ring (bicyclic) bond motifs is 1. The standard InChI is InChI=1S/C16H10FNO2/c17-14-8-11(16(19)20)5-6-13(14)12-7-10-3-1-2-4-15(10)18-9-12/h1-9H,(H,19,20). The van der Waals surface area contributed by atoms with Crippen LogP contribution in [0.15, 0.2) is 54.7 Å². The van der Waals surface area contributed by atoms with Crippen molar-refractivity contribution in [2.75, 3.05) is 0 Å². The fraction of sp³-hybridized carbons (Fsp3) is 0. The highest BCUT2D eigenvalue weighted by Gasteiger charge is 2.10. The first-order valence-corrected chi connectivity index (χ1v) is 6.03. The van der Waals surface area contributed by atoms with Gasteiger partial charge >= 0.3 is 5.97 Å². The number of hydrogen-bond acceptors (Lipinski definition) is 2. The van der Waals surface area contributed by atoms with Gasteiger partial charge in [-0.25, -0.2) is 9.18 Å². The molecule has 0 amide bonds. The van der Waals surface area contributed by atoms with Gasteiger partial charge in [0.1, 0.15) is 5.82 Å². The van der Waals surface area contributed by atoms with E-state index in [2.05, 4.69) is 4.98 Å². The van der Waals surface area contributed by atoms with Crippen molar-refractivity contribution in [3.05, 3.63) is 66.1 Å². The van der Waals surface area contributed by atoms with E-state index in [-0.39, 0.29) is 5.56 Å².